The lowest BCUT2D eigenvalue weighted by Crippen LogP contribution is -2.52. The number of carbonyl (C=O) groups excluding carboxylic acids is 3. The van der Waals surface area contributed by atoms with E-state index in [9.17, 15) is 14.4 Å². The van der Waals surface area contributed by atoms with Gasteiger partial charge in [0.1, 0.15) is 6.04 Å². The Balaban J connectivity index is 1.93. The number of imide groups is 1. The zero-order valence-electron chi connectivity index (χ0n) is 10.7. The van der Waals surface area contributed by atoms with Crippen molar-refractivity contribution in [2.24, 2.45) is 0 Å². The zero-order valence-corrected chi connectivity index (χ0v) is 10.7. The van der Waals surface area contributed by atoms with Gasteiger partial charge in [0.2, 0.25) is 11.8 Å². The monoisotopic (exact) mass is 268 g/mol. The number of carbonyl (C=O) groups is 3. The number of nitrogens with zero attached hydrogens (tertiary/aromatic N) is 1. The Morgan fingerprint density at radius 1 is 1.30 bits per heavy atom. The molecule has 2 heterocycles. The second kappa shape index (κ2) is 4.49. The number of fused-ring (bicyclic) bond motifs is 1. The molecule has 2 aliphatic heterocycles. The van der Waals surface area contributed by atoms with Gasteiger partial charge in [-0.15, -0.1) is 6.42 Å². The van der Waals surface area contributed by atoms with Crippen LogP contribution in [0.25, 0.3) is 0 Å². The zero-order chi connectivity index (χ0) is 14.3. The first kappa shape index (κ1) is 12.4. The summed E-state index contributed by atoms with van der Waals surface area (Å²) in [6.45, 7) is 0.357. The van der Waals surface area contributed by atoms with E-state index < -0.39 is 11.9 Å². The van der Waals surface area contributed by atoms with E-state index in [-0.39, 0.29) is 18.2 Å². The Kier molecular flexibility index (Phi) is 2.79. The molecule has 1 aromatic carbocycles. The fourth-order valence-electron chi connectivity index (χ4n) is 2.73. The highest BCUT2D eigenvalue weighted by Crippen LogP contribution is 2.29. The maximum atomic E-state index is 12.5. The van der Waals surface area contributed by atoms with Crippen molar-refractivity contribution >= 4 is 17.7 Å². The highest BCUT2D eigenvalue weighted by atomic mass is 16.2. The molecule has 0 aliphatic carbocycles. The van der Waals surface area contributed by atoms with Crippen LogP contribution < -0.4 is 5.32 Å². The van der Waals surface area contributed by atoms with Gasteiger partial charge in [-0.05, 0) is 18.1 Å². The molecule has 3 amide bonds. The third-order valence-corrected chi connectivity index (χ3v) is 3.71. The van der Waals surface area contributed by atoms with Crippen LogP contribution in [-0.2, 0) is 16.1 Å². The molecule has 0 bridgehead atoms. The molecular formula is C15H12N2O3. The molecule has 1 fully saturated rings. The molecule has 1 atom stereocenters. The van der Waals surface area contributed by atoms with Crippen molar-refractivity contribution in [3.8, 4) is 12.3 Å². The molecule has 5 nitrogen and oxygen atoms in total. The van der Waals surface area contributed by atoms with Crippen molar-refractivity contribution in [3.63, 3.8) is 0 Å². The Bertz CT molecular complexity index is 672. The summed E-state index contributed by atoms with van der Waals surface area (Å²) in [6.07, 6.45) is 6.02. The lowest BCUT2D eigenvalue weighted by Gasteiger charge is -2.29. The van der Waals surface area contributed by atoms with Crippen LogP contribution in [0.2, 0.25) is 0 Å². The summed E-state index contributed by atoms with van der Waals surface area (Å²) in [7, 11) is 0. The molecule has 1 N–H and O–H groups in total. The van der Waals surface area contributed by atoms with Gasteiger partial charge in [-0.25, -0.2) is 0 Å². The maximum Gasteiger partial charge on any atom is 0.256 e. The third kappa shape index (κ3) is 1.77. The highest BCUT2D eigenvalue weighted by molar-refractivity contribution is 6.06. The second-order valence-corrected chi connectivity index (χ2v) is 4.88. The molecule has 20 heavy (non-hydrogen) atoms. The summed E-state index contributed by atoms with van der Waals surface area (Å²) in [5.41, 5.74) is 1.87. The van der Waals surface area contributed by atoms with E-state index in [1.807, 2.05) is 6.07 Å². The second-order valence-electron chi connectivity index (χ2n) is 4.88. The van der Waals surface area contributed by atoms with Crippen LogP contribution in [0.15, 0.2) is 18.2 Å². The topological polar surface area (TPSA) is 66.5 Å². The Labute approximate surface area is 115 Å². The number of nitrogens with one attached hydrogen (secondary N) is 1. The first-order chi connectivity index (χ1) is 9.61. The van der Waals surface area contributed by atoms with E-state index in [2.05, 4.69) is 11.2 Å². The van der Waals surface area contributed by atoms with Crippen LogP contribution in [0, 0.1) is 12.3 Å². The number of piperidine rings is 1. The van der Waals surface area contributed by atoms with Gasteiger partial charge in [-0.1, -0.05) is 18.1 Å². The highest BCUT2D eigenvalue weighted by Gasteiger charge is 2.39. The summed E-state index contributed by atoms with van der Waals surface area (Å²) in [4.78, 5) is 37.0. The molecular weight excluding hydrogens is 256 g/mol. The van der Waals surface area contributed by atoms with Crippen LogP contribution in [0.5, 0.6) is 0 Å². The third-order valence-electron chi connectivity index (χ3n) is 3.71. The average Bonchev–Trinajstić information content (AvgIpc) is 2.76. The molecule has 1 saturated heterocycles. The van der Waals surface area contributed by atoms with E-state index in [1.54, 1.807) is 12.1 Å². The van der Waals surface area contributed by atoms with Gasteiger partial charge in [0.25, 0.3) is 5.91 Å². The molecule has 2 aliphatic rings. The maximum absolute atomic E-state index is 12.5. The van der Waals surface area contributed by atoms with Crippen LogP contribution in [0.4, 0.5) is 0 Å². The minimum Gasteiger partial charge on any atom is -0.322 e. The molecule has 100 valence electrons. The Morgan fingerprint density at radius 2 is 2.10 bits per heavy atom. The predicted molar refractivity (Wildman–Crippen MR) is 70.4 cm³/mol. The van der Waals surface area contributed by atoms with Crippen molar-refractivity contribution in [2.45, 2.75) is 25.4 Å². The van der Waals surface area contributed by atoms with E-state index in [1.165, 1.54) is 4.90 Å². The molecule has 0 aromatic heterocycles. The number of benzene rings is 1. The summed E-state index contributed by atoms with van der Waals surface area (Å²) >= 11 is 0. The van der Waals surface area contributed by atoms with Crippen LogP contribution >= 0.6 is 0 Å². The summed E-state index contributed by atoms with van der Waals surface area (Å²) in [5.74, 6) is 1.56. The average molecular weight is 268 g/mol. The van der Waals surface area contributed by atoms with Gasteiger partial charge in [-0.3, -0.25) is 19.7 Å². The molecule has 3 rings (SSSR count). The van der Waals surface area contributed by atoms with Gasteiger partial charge in [0.15, 0.2) is 0 Å². The normalized spacial score (nSPS) is 21.4. The smallest absolute Gasteiger partial charge is 0.256 e. The van der Waals surface area contributed by atoms with Crippen molar-refractivity contribution < 1.29 is 14.4 Å². The van der Waals surface area contributed by atoms with Gasteiger partial charge < -0.3 is 4.90 Å². The molecule has 0 radical (unpaired) electrons. The summed E-state index contributed by atoms with van der Waals surface area (Å²) in [6, 6.07) is 4.75. The van der Waals surface area contributed by atoms with Crippen LogP contribution in [-0.4, -0.2) is 28.7 Å². The summed E-state index contributed by atoms with van der Waals surface area (Å²) in [5, 5.41) is 2.27. The van der Waals surface area contributed by atoms with E-state index in [4.69, 9.17) is 6.42 Å². The Hall–Kier alpha value is -2.61. The molecule has 5 heteroatoms. The molecule has 0 spiro atoms. The lowest BCUT2D eigenvalue weighted by atomic mass is 10.0. The molecule has 1 unspecified atom stereocenters. The van der Waals surface area contributed by atoms with Crippen molar-refractivity contribution in [1.82, 2.24) is 10.2 Å². The van der Waals surface area contributed by atoms with Gasteiger partial charge in [-0.2, -0.15) is 0 Å². The van der Waals surface area contributed by atoms with Crippen molar-refractivity contribution in [1.29, 1.82) is 0 Å². The van der Waals surface area contributed by atoms with Crippen LogP contribution in [0.1, 0.15) is 34.3 Å². The number of terminal acetylenes is 1. The van der Waals surface area contributed by atoms with Gasteiger partial charge >= 0.3 is 0 Å². The number of rotatable bonds is 1. The largest absolute Gasteiger partial charge is 0.322 e. The van der Waals surface area contributed by atoms with E-state index >= 15 is 0 Å². The van der Waals surface area contributed by atoms with Gasteiger partial charge in [0.05, 0.1) is 5.56 Å². The van der Waals surface area contributed by atoms with E-state index in [0.717, 1.165) is 5.56 Å². The number of hydrogen-bond donors (Lipinski definition) is 1. The van der Waals surface area contributed by atoms with Crippen molar-refractivity contribution in [3.05, 3.63) is 34.9 Å². The van der Waals surface area contributed by atoms with Gasteiger partial charge in [0, 0.05) is 18.5 Å². The molecule has 0 saturated carbocycles. The standard InChI is InChI=1S/C15H12N2O3/c1-2-9-4-3-5-10-8-17(15(20)13(9)10)11-6-7-12(18)16-14(11)19/h1,3-5,11H,6-8H2,(H,16,18,19). The van der Waals surface area contributed by atoms with E-state index in [0.29, 0.717) is 24.1 Å². The SMILES string of the molecule is C#Cc1cccc2c1C(=O)N(C1CCC(=O)NC1=O)C2. The fraction of sp³-hybridized carbons (Fsp3) is 0.267. The number of hydrogen-bond acceptors (Lipinski definition) is 3. The van der Waals surface area contributed by atoms with Crippen LogP contribution in [0.3, 0.4) is 0 Å². The predicted octanol–water partition coefficient (Wildman–Crippen LogP) is 0.429. The van der Waals surface area contributed by atoms with Crippen molar-refractivity contribution in [2.75, 3.05) is 0 Å². The quantitative estimate of drug-likeness (QED) is 0.593. The minimum atomic E-state index is -0.599. The number of amides is 3. The molecule has 1 aromatic rings. The summed E-state index contributed by atoms with van der Waals surface area (Å²) < 4.78 is 0. The lowest BCUT2D eigenvalue weighted by molar-refractivity contribution is -0.136. The first-order valence-electron chi connectivity index (χ1n) is 6.35. The first-order valence-corrected chi connectivity index (χ1v) is 6.35. The Morgan fingerprint density at radius 3 is 2.80 bits per heavy atom. The fourth-order valence-corrected chi connectivity index (χ4v) is 2.73. The minimum absolute atomic E-state index is 0.233.